The maximum absolute atomic E-state index is 12.9. The molecule has 1 fully saturated rings. The molecule has 1 saturated heterocycles. The predicted octanol–water partition coefficient (Wildman–Crippen LogP) is 4.13. The molecule has 1 amide bonds. The van der Waals surface area contributed by atoms with Crippen LogP contribution >= 0.6 is 0 Å². The summed E-state index contributed by atoms with van der Waals surface area (Å²) in [5.74, 6) is 0.0732. The molecule has 0 saturated carbocycles. The Labute approximate surface area is 177 Å². The monoisotopic (exact) mass is 396 g/mol. The van der Waals surface area contributed by atoms with Gasteiger partial charge in [-0.15, -0.1) is 0 Å². The Morgan fingerprint density at radius 3 is 2.23 bits per heavy atom. The second-order valence-corrected chi connectivity index (χ2v) is 7.31. The van der Waals surface area contributed by atoms with E-state index >= 15 is 0 Å². The average molecular weight is 396 g/mol. The largest absolute Gasteiger partial charge is 0.381 e. The number of hydrogen-bond donors (Lipinski definition) is 1. The van der Waals surface area contributed by atoms with E-state index < -0.39 is 0 Å². The summed E-state index contributed by atoms with van der Waals surface area (Å²) in [7, 11) is 0. The maximum Gasteiger partial charge on any atom is 0.253 e. The molecule has 5 nitrogen and oxygen atoms in total. The number of nitrogens with zero attached hydrogens (tertiary/aromatic N) is 3. The highest BCUT2D eigenvalue weighted by Crippen LogP contribution is 2.18. The van der Waals surface area contributed by atoms with Crippen molar-refractivity contribution in [1.82, 2.24) is 4.90 Å². The first-order valence-corrected chi connectivity index (χ1v) is 10.2. The van der Waals surface area contributed by atoms with Gasteiger partial charge < -0.3 is 15.1 Å². The molecule has 30 heavy (non-hydrogen) atoms. The lowest BCUT2D eigenvalue weighted by Crippen LogP contribution is -2.48. The van der Waals surface area contributed by atoms with Crippen LogP contribution in [0.1, 0.15) is 21.5 Å². The van der Waals surface area contributed by atoms with Gasteiger partial charge in [-0.3, -0.25) is 4.79 Å². The van der Waals surface area contributed by atoms with E-state index in [-0.39, 0.29) is 5.91 Å². The van der Waals surface area contributed by atoms with Crippen LogP contribution in [0.15, 0.2) is 78.9 Å². The number of amides is 1. The lowest BCUT2D eigenvalue weighted by Gasteiger charge is -2.36. The van der Waals surface area contributed by atoms with E-state index in [0.717, 1.165) is 37.4 Å². The van der Waals surface area contributed by atoms with E-state index in [0.29, 0.717) is 17.7 Å². The maximum atomic E-state index is 12.9. The quantitative estimate of drug-likeness (QED) is 0.704. The molecular formula is C25H24N4O. The van der Waals surface area contributed by atoms with Crippen molar-refractivity contribution < 1.29 is 4.79 Å². The van der Waals surface area contributed by atoms with Crippen molar-refractivity contribution >= 4 is 17.3 Å². The van der Waals surface area contributed by atoms with E-state index in [1.54, 1.807) is 0 Å². The van der Waals surface area contributed by atoms with Crippen LogP contribution in [0, 0.1) is 11.3 Å². The standard InChI is InChI=1S/C25H24N4O/c26-18-21-6-4-5-7-22(21)19-27-23-12-10-20(11-13-23)25(30)29-16-14-28(15-17-29)24-8-2-1-3-9-24/h1-13,27H,14-17,19H2. The second-order valence-electron chi connectivity index (χ2n) is 7.31. The molecule has 3 aromatic rings. The number of nitriles is 1. The molecule has 0 aromatic heterocycles. The summed E-state index contributed by atoms with van der Waals surface area (Å²) in [5.41, 5.74) is 4.46. The Morgan fingerprint density at radius 2 is 1.53 bits per heavy atom. The SMILES string of the molecule is N#Cc1ccccc1CNc1ccc(C(=O)N2CCN(c3ccccc3)CC2)cc1. The Morgan fingerprint density at radius 1 is 0.867 bits per heavy atom. The summed E-state index contributed by atoms with van der Waals surface area (Å²) in [4.78, 5) is 17.1. The van der Waals surface area contributed by atoms with Crippen LogP contribution in [0.25, 0.3) is 0 Å². The molecule has 150 valence electrons. The Kier molecular flexibility index (Phi) is 5.95. The number of hydrogen-bond acceptors (Lipinski definition) is 4. The summed E-state index contributed by atoms with van der Waals surface area (Å²) in [6.07, 6.45) is 0. The third-order valence-electron chi connectivity index (χ3n) is 5.44. The van der Waals surface area contributed by atoms with Gasteiger partial charge in [-0.2, -0.15) is 5.26 Å². The van der Waals surface area contributed by atoms with Gasteiger partial charge in [0.15, 0.2) is 0 Å². The summed E-state index contributed by atoms with van der Waals surface area (Å²) in [5, 5.41) is 12.5. The van der Waals surface area contributed by atoms with Gasteiger partial charge in [-0.05, 0) is 48.0 Å². The van der Waals surface area contributed by atoms with E-state index in [2.05, 4.69) is 28.4 Å². The predicted molar refractivity (Wildman–Crippen MR) is 119 cm³/mol. The molecule has 0 atom stereocenters. The number of carbonyl (C=O) groups is 1. The fourth-order valence-corrected chi connectivity index (χ4v) is 3.70. The van der Waals surface area contributed by atoms with Gasteiger partial charge >= 0.3 is 0 Å². The molecule has 0 aliphatic carbocycles. The third kappa shape index (κ3) is 4.44. The highest BCUT2D eigenvalue weighted by molar-refractivity contribution is 5.94. The average Bonchev–Trinajstić information content (AvgIpc) is 2.83. The molecular weight excluding hydrogens is 372 g/mol. The van der Waals surface area contributed by atoms with E-state index in [4.69, 9.17) is 0 Å². The Hall–Kier alpha value is -3.78. The third-order valence-corrected chi connectivity index (χ3v) is 5.44. The molecule has 5 heteroatoms. The van der Waals surface area contributed by atoms with Crippen molar-refractivity contribution in [3.8, 4) is 6.07 Å². The van der Waals surface area contributed by atoms with Crippen LogP contribution in [-0.2, 0) is 6.54 Å². The number of anilines is 2. The number of piperazine rings is 1. The number of nitrogens with one attached hydrogen (secondary N) is 1. The van der Waals surface area contributed by atoms with Crippen molar-refractivity contribution in [3.05, 3.63) is 95.6 Å². The van der Waals surface area contributed by atoms with Crippen molar-refractivity contribution in [2.24, 2.45) is 0 Å². The molecule has 1 aliphatic heterocycles. The molecule has 0 spiro atoms. The Balaban J connectivity index is 1.33. The number of carbonyl (C=O) groups excluding carboxylic acids is 1. The lowest BCUT2D eigenvalue weighted by molar-refractivity contribution is 0.0747. The zero-order chi connectivity index (χ0) is 20.8. The topological polar surface area (TPSA) is 59.4 Å². The highest BCUT2D eigenvalue weighted by atomic mass is 16.2. The molecule has 0 unspecified atom stereocenters. The van der Waals surface area contributed by atoms with Crippen LogP contribution in [0.4, 0.5) is 11.4 Å². The first kappa shape index (κ1) is 19.5. The van der Waals surface area contributed by atoms with Crippen molar-refractivity contribution in [3.63, 3.8) is 0 Å². The smallest absolute Gasteiger partial charge is 0.253 e. The number of benzene rings is 3. The van der Waals surface area contributed by atoms with Crippen molar-refractivity contribution in [2.75, 3.05) is 36.4 Å². The molecule has 1 N–H and O–H groups in total. The van der Waals surface area contributed by atoms with E-state index in [1.165, 1.54) is 5.69 Å². The highest BCUT2D eigenvalue weighted by Gasteiger charge is 2.22. The van der Waals surface area contributed by atoms with Gasteiger partial charge in [0.25, 0.3) is 5.91 Å². The van der Waals surface area contributed by atoms with Gasteiger partial charge in [-0.25, -0.2) is 0 Å². The summed E-state index contributed by atoms with van der Waals surface area (Å²) in [6.45, 7) is 3.69. The van der Waals surface area contributed by atoms with Crippen molar-refractivity contribution in [1.29, 1.82) is 5.26 Å². The normalized spacial score (nSPS) is 13.6. The van der Waals surface area contributed by atoms with E-state index in [9.17, 15) is 10.1 Å². The van der Waals surface area contributed by atoms with Crippen LogP contribution in [0.5, 0.6) is 0 Å². The van der Waals surface area contributed by atoms with Gasteiger partial charge in [0.05, 0.1) is 11.6 Å². The lowest BCUT2D eigenvalue weighted by atomic mass is 10.1. The zero-order valence-electron chi connectivity index (χ0n) is 16.8. The van der Waals surface area contributed by atoms with E-state index in [1.807, 2.05) is 71.6 Å². The van der Waals surface area contributed by atoms with Gasteiger partial charge in [0.1, 0.15) is 0 Å². The molecule has 0 bridgehead atoms. The minimum Gasteiger partial charge on any atom is -0.381 e. The van der Waals surface area contributed by atoms with Crippen LogP contribution in [0.3, 0.4) is 0 Å². The second kappa shape index (κ2) is 9.15. The minimum atomic E-state index is 0.0732. The van der Waals surface area contributed by atoms with Gasteiger partial charge in [-0.1, -0.05) is 36.4 Å². The van der Waals surface area contributed by atoms with Gasteiger partial charge in [0.2, 0.25) is 0 Å². The summed E-state index contributed by atoms with van der Waals surface area (Å²) < 4.78 is 0. The zero-order valence-corrected chi connectivity index (χ0v) is 16.8. The molecule has 0 radical (unpaired) electrons. The fraction of sp³-hybridized carbons (Fsp3) is 0.200. The summed E-state index contributed by atoms with van der Waals surface area (Å²) >= 11 is 0. The first-order valence-electron chi connectivity index (χ1n) is 10.2. The molecule has 1 heterocycles. The summed E-state index contributed by atoms with van der Waals surface area (Å²) in [6, 6.07) is 27.7. The van der Waals surface area contributed by atoms with Crippen molar-refractivity contribution in [2.45, 2.75) is 6.54 Å². The Bertz CT molecular complexity index is 1030. The van der Waals surface area contributed by atoms with Crippen LogP contribution in [-0.4, -0.2) is 37.0 Å². The fourth-order valence-electron chi connectivity index (χ4n) is 3.70. The van der Waals surface area contributed by atoms with Crippen LogP contribution in [0.2, 0.25) is 0 Å². The molecule has 1 aliphatic rings. The minimum absolute atomic E-state index is 0.0732. The molecule has 3 aromatic carbocycles. The number of para-hydroxylation sites is 1. The van der Waals surface area contributed by atoms with Crippen LogP contribution < -0.4 is 10.2 Å². The molecule has 4 rings (SSSR count). The first-order chi connectivity index (χ1) is 14.7. The van der Waals surface area contributed by atoms with Gasteiger partial charge in [0, 0.05) is 49.7 Å². The number of rotatable bonds is 5.